The van der Waals surface area contributed by atoms with Gasteiger partial charge in [-0.15, -0.1) is 0 Å². The van der Waals surface area contributed by atoms with Gasteiger partial charge < -0.3 is 15.1 Å². The Morgan fingerprint density at radius 2 is 1.83 bits per heavy atom. The first kappa shape index (κ1) is 16.0. The minimum absolute atomic E-state index is 0.107. The molecule has 6 heteroatoms. The highest BCUT2D eigenvalue weighted by atomic mass is 35.5. The minimum atomic E-state index is 0.107. The van der Waals surface area contributed by atoms with Gasteiger partial charge in [-0.2, -0.15) is 0 Å². The number of anilines is 1. The Morgan fingerprint density at radius 1 is 1.12 bits per heavy atom. The maximum Gasteiger partial charge on any atom is 0.317 e. The van der Waals surface area contributed by atoms with Gasteiger partial charge in [0.15, 0.2) is 0 Å². The number of hydrogen-bond acceptors (Lipinski definition) is 3. The van der Waals surface area contributed by atoms with Crippen molar-refractivity contribution in [3.05, 3.63) is 23.4 Å². The van der Waals surface area contributed by atoms with E-state index in [9.17, 15) is 4.79 Å². The molecule has 3 fully saturated rings. The van der Waals surface area contributed by atoms with Gasteiger partial charge in [0.05, 0.1) is 5.02 Å². The lowest BCUT2D eigenvalue weighted by molar-refractivity contribution is 0.182. The Labute approximate surface area is 148 Å². The molecule has 4 rings (SSSR count). The zero-order valence-corrected chi connectivity index (χ0v) is 14.8. The molecule has 0 aromatic carbocycles. The van der Waals surface area contributed by atoms with E-state index in [-0.39, 0.29) is 6.03 Å². The lowest BCUT2D eigenvalue weighted by Gasteiger charge is -2.37. The van der Waals surface area contributed by atoms with Crippen LogP contribution in [-0.2, 0) is 0 Å². The van der Waals surface area contributed by atoms with Crippen LogP contribution in [0.15, 0.2) is 18.3 Å². The van der Waals surface area contributed by atoms with Crippen LogP contribution in [0.3, 0.4) is 0 Å². The molecule has 5 nitrogen and oxygen atoms in total. The largest absolute Gasteiger partial charge is 0.353 e. The molecule has 2 aliphatic carbocycles. The number of aromatic nitrogens is 1. The fourth-order valence-corrected chi connectivity index (χ4v) is 4.12. The molecule has 2 amide bonds. The summed E-state index contributed by atoms with van der Waals surface area (Å²) < 4.78 is 0. The van der Waals surface area contributed by atoms with E-state index in [0.29, 0.717) is 16.5 Å². The first-order valence-corrected chi connectivity index (χ1v) is 9.43. The predicted octanol–water partition coefficient (Wildman–Crippen LogP) is 3.29. The first-order valence-electron chi connectivity index (χ1n) is 9.06. The number of rotatable bonds is 2. The maximum absolute atomic E-state index is 12.5. The minimum Gasteiger partial charge on any atom is -0.353 e. The van der Waals surface area contributed by atoms with Gasteiger partial charge in [-0.25, -0.2) is 9.78 Å². The molecule has 1 N–H and O–H groups in total. The zero-order valence-electron chi connectivity index (χ0n) is 14.0. The molecule has 3 aliphatic rings. The van der Waals surface area contributed by atoms with Gasteiger partial charge in [0.2, 0.25) is 0 Å². The van der Waals surface area contributed by atoms with E-state index in [0.717, 1.165) is 44.8 Å². The molecule has 24 heavy (non-hydrogen) atoms. The van der Waals surface area contributed by atoms with E-state index < -0.39 is 0 Å². The second-order valence-electron chi connectivity index (χ2n) is 7.53. The molecule has 0 bridgehead atoms. The Hall–Kier alpha value is -1.49. The Balaban J connectivity index is 1.24. The summed E-state index contributed by atoms with van der Waals surface area (Å²) in [5.41, 5.74) is 0.679. The van der Waals surface area contributed by atoms with E-state index in [2.05, 4.69) is 15.2 Å². The third kappa shape index (κ3) is 3.46. The van der Waals surface area contributed by atoms with Crippen LogP contribution >= 0.6 is 11.6 Å². The highest BCUT2D eigenvalue weighted by Gasteiger charge is 2.45. The molecular weight excluding hydrogens is 324 g/mol. The van der Waals surface area contributed by atoms with Crippen LogP contribution in [0.4, 0.5) is 10.6 Å². The molecule has 1 aromatic rings. The average Bonchev–Trinajstić information content (AvgIpc) is 3.37. The van der Waals surface area contributed by atoms with Crippen molar-refractivity contribution in [2.24, 2.45) is 5.41 Å². The number of amides is 2. The van der Waals surface area contributed by atoms with Gasteiger partial charge in [-0.1, -0.05) is 11.6 Å². The van der Waals surface area contributed by atoms with Crippen molar-refractivity contribution in [2.45, 2.75) is 44.6 Å². The molecule has 2 heterocycles. The van der Waals surface area contributed by atoms with Crippen molar-refractivity contribution < 1.29 is 4.79 Å². The number of pyridine rings is 1. The van der Waals surface area contributed by atoms with Gasteiger partial charge in [0, 0.05) is 38.4 Å². The van der Waals surface area contributed by atoms with Gasteiger partial charge >= 0.3 is 6.03 Å². The highest BCUT2D eigenvalue weighted by Crippen LogP contribution is 2.56. The molecule has 2 saturated carbocycles. The zero-order chi connectivity index (χ0) is 16.6. The number of urea groups is 1. The van der Waals surface area contributed by atoms with E-state index in [4.69, 9.17) is 11.6 Å². The highest BCUT2D eigenvalue weighted by molar-refractivity contribution is 6.30. The van der Waals surface area contributed by atoms with E-state index in [1.807, 2.05) is 17.0 Å². The van der Waals surface area contributed by atoms with Crippen LogP contribution in [0.2, 0.25) is 5.02 Å². The van der Waals surface area contributed by atoms with Crippen LogP contribution in [0.1, 0.15) is 38.5 Å². The molecule has 1 aliphatic heterocycles. The second-order valence-corrected chi connectivity index (χ2v) is 7.97. The Kier molecular flexibility index (Phi) is 4.29. The van der Waals surface area contributed by atoms with Gasteiger partial charge in [-0.3, -0.25) is 0 Å². The number of carbonyl (C=O) groups is 1. The fraction of sp³-hybridized carbons (Fsp3) is 0.667. The summed E-state index contributed by atoms with van der Waals surface area (Å²) in [4.78, 5) is 21.0. The van der Waals surface area contributed by atoms with Crippen LogP contribution in [0.25, 0.3) is 0 Å². The standard InChI is InChI=1S/C18H25ClN4O/c19-14-1-2-16(20-13-14)22-9-11-23(12-10-22)17(24)21-15-3-5-18(6-4-15)7-8-18/h1-2,13,15H,3-12H2,(H,21,24). The Bertz CT molecular complexity index is 584. The van der Waals surface area contributed by atoms with Crippen LogP contribution in [0.5, 0.6) is 0 Å². The molecule has 1 aromatic heterocycles. The van der Waals surface area contributed by atoms with Crippen LogP contribution in [-0.4, -0.2) is 48.1 Å². The summed E-state index contributed by atoms with van der Waals surface area (Å²) in [7, 11) is 0. The lowest BCUT2D eigenvalue weighted by atomic mass is 9.83. The van der Waals surface area contributed by atoms with Crippen molar-refractivity contribution in [1.29, 1.82) is 0 Å². The lowest BCUT2D eigenvalue weighted by Crippen LogP contribution is -2.54. The van der Waals surface area contributed by atoms with Gasteiger partial charge in [0.1, 0.15) is 5.82 Å². The average molecular weight is 349 g/mol. The second kappa shape index (κ2) is 6.43. The third-order valence-corrected chi connectivity index (χ3v) is 6.16. The number of halogens is 1. The van der Waals surface area contributed by atoms with Crippen molar-refractivity contribution in [3.63, 3.8) is 0 Å². The van der Waals surface area contributed by atoms with Crippen molar-refractivity contribution >= 4 is 23.4 Å². The number of nitrogens with zero attached hydrogens (tertiary/aromatic N) is 3. The Morgan fingerprint density at radius 3 is 2.42 bits per heavy atom. The van der Waals surface area contributed by atoms with Gasteiger partial charge in [-0.05, 0) is 56.1 Å². The fourth-order valence-electron chi connectivity index (χ4n) is 4.01. The third-order valence-electron chi connectivity index (χ3n) is 5.93. The van der Waals surface area contributed by atoms with Crippen LogP contribution < -0.4 is 10.2 Å². The van der Waals surface area contributed by atoms with Crippen molar-refractivity contribution in [1.82, 2.24) is 15.2 Å². The molecular formula is C18H25ClN4O. The number of nitrogens with one attached hydrogen (secondary N) is 1. The topological polar surface area (TPSA) is 48.5 Å². The number of carbonyl (C=O) groups excluding carboxylic acids is 1. The molecule has 0 unspecified atom stereocenters. The first-order chi connectivity index (χ1) is 11.6. The summed E-state index contributed by atoms with van der Waals surface area (Å²) >= 11 is 5.89. The summed E-state index contributed by atoms with van der Waals surface area (Å²) in [6.07, 6.45) is 9.40. The summed E-state index contributed by atoms with van der Waals surface area (Å²) in [5, 5.41) is 3.90. The monoisotopic (exact) mass is 348 g/mol. The number of piperazine rings is 1. The summed E-state index contributed by atoms with van der Waals surface area (Å²) in [6, 6.07) is 4.28. The maximum atomic E-state index is 12.5. The van der Waals surface area contributed by atoms with Crippen LogP contribution in [0, 0.1) is 5.41 Å². The summed E-state index contributed by atoms with van der Waals surface area (Å²) in [6.45, 7) is 3.12. The van der Waals surface area contributed by atoms with E-state index in [1.165, 1.54) is 25.7 Å². The quantitative estimate of drug-likeness (QED) is 0.892. The smallest absolute Gasteiger partial charge is 0.317 e. The van der Waals surface area contributed by atoms with Gasteiger partial charge in [0.25, 0.3) is 0 Å². The van der Waals surface area contributed by atoms with Crippen molar-refractivity contribution in [2.75, 3.05) is 31.1 Å². The normalized spacial score (nSPS) is 23.4. The molecule has 0 radical (unpaired) electrons. The van der Waals surface area contributed by atoms with Crippen molar-refractivity contribution in [3.8, 4) is 0 Å². The molecule has 1 spiro atoms. The SMILES string of the molecule is O=C(NC1CCC2(CC1)CC2)N1CCN(c2ccc(Cl)cn2)CC1. The van der Waals surface area contributed by atoms with E-state index in [1.54, 1.807) is 6.20 Å². The molecule has 0 atom stereocenters. The van der Waals surface area contributed by atoms with E-state index >= 15 is 0 Å². The predicted molar refractivity (Wildman–Crippen MR) is 95.5 cm³/mol. The molecule has 1 saturated heterocycles. The summed E-state index contributed by atoms with van der Waals surface area (Å²) in [5.74, 6) is 0.932. The number of hydrogen-bond donors (Lipinski definition) is 1. The molecule has 130 valence electrons.